The van der Waals surface area contributed by atoms with E-state index in [-0.39, 0.29) is 17.8 Å². The number of ether oxygens (including phenoxy) is 1. The van der Waals surface area contributed by atoms with Crippen molar-refractivity contribution in [2.75, 3.05) is 24.7 Å². The van der Waals surface area contributed by atoms with Gasteiger partial charge in [0, 0.05) is 22.9 Å². The number of hydrogen-bond acceptors (Lipinski definition) is 4. The zero-order valence-electron chi connectivity index (χ0n) is 11.0. The van der Waals surface area contributed by atoms with Gasteiger partial charge < -0.3 is 10.1 Å². The molecule has 0 aliphatic carbocycles. The SMILES string of the molecule is COC(=O)C(c1ccc2c(c1)SCCN2)C(C)C. The van der Waals surface area contributed by atoms with Crippen LogP contribution in [-0.2, 0) is 9.53 Å². The highest BCUT2D eigenvalue weighted by atomic mass is 32.2. The molecule has 0 spiro atoms. The molecule has 2 rings (SSSR count). The van der Waals surface area contributed by atoms with E-state index in [2.05, 4.69) is 17.4 Å². The topological polar surface area (TPSA) is 38.3 Å². The summed E-state index contributed by atoms with van der Waals surface area (Å²) < 4.78 is 4.91. The second-order valence-electron chi connectivity index (χ2n) is 4.78. The van der Waals surface area contributed by atoms with E-state index in [0.717, 1.165) is 17.9 Å². The van der Waals surface area contributed by atoms with Crippen LogP contribution in [-0.4, -0.2) is 25.4 Å². The van der Waals surface area contributed by atoms with Crippen molar-refractivity contribution in [2.45, 2.75) is 24.7 Å². The van der Waals surface area contributed by atoms with Crippen LogP contribution in [0.4, 0.5) is 5.69 Å². The molecule has 4 heteroatoms. The number of rotatable bonds is 3. The first-order chi connectivity index (χ1) is 8.63. The van der Waals surface area contributed by atoms with Crippen molar-refractivity contribution in [3.05, 3.63) is 23.8 Å². The Balaban J connectivity index is 2.33. The van der Waals surface area contributed by atoms with Gasteiger partial charge in [0.25, 0.3) is 0 Å². The number of esters is 1. The van der Waals surface area contributed by atoms with Crippen LogP contribution < -0.4 is 5.32 Å². The zero-order chi connectivity index (χ0) is 13.1. The van der Waals surface area contributed by atoms with Crippen LogP contribution >= 0.6 is 11.8 Å². The monoisotopic (exact) mass is 265 g/mol. The predicted molar refractivity (Wildman–Crippen MR) is 75.3 cm³/mol. The van der Waals surface area contributed by atoms with Crippen LogP contribution in [0.15, 0.2) is 23.1 Å². The van der Waals surface area contributed by atoms with E-state index in [9.17, 15) is 4.79 Å². The zero-order valence-corrected chi connectivity index (χ0v) is 11.8. The molecule has 98 valence electrons. The van der Waals surface area contributed by atoms with E-state index in [0.29, 0.717) is 0 Å². The van der Waals surface area contributed by atoms with Gasteiger partial charge in [0.2, 0.25) is 0 Å². The number of anilines is 1. The maximum Gasteiger partial charge on any atom is 0.313 e. The van der Waals surface area contributed by atoms with Gasteiger partial charge in [-0.25, -0.2) is 0 Å². The number of benzene rings is 1. The third-order valence-electron chi connectivity index (χ3n) is 3.16. The van der Waals surface area contributed by atoms with Gasteiger partial charge in [0.05, 0.1) is 13.0 Å². The summed E-state index contributed by atoms with van der Waals surface area (Å²) in [5, 5.41) is 3.36. The molecule has 0 saturated carbocycles. The van der Waals surface area contributed by atoms with Gasteiger partial charge in [-0.2, -0.15) is 0 Å². The lowest BCUT2D eigenvalue weighted by molar-refractivity contribution is -0.143. The number of fused-ring (bicyclic) bond motifs is 1. The Labute approximate surface area is 112 Å². The molecule has 1 unspecified atom stereocenters. The fourth-order valence-electron chi connectivity index (χ4n) is 2.26. The fraction of sp³-hybridized carbons (Fsp3) is 0.500. The summed E-state index contributed by atoms with van der Waals surface area (Å²) in [6.07, 6.45) is 0. The summed E-state index contributed by atoms with van der Waals surface area (Å²) in [4.78, 5) is 13.1. The summed E-state index contributed by atoms with van der Waals surface area (Å²) >= 11 is 1.84. The van der Waals surface area contributed by atoms with E-state index in [1.54, 1.807) is 0 Å². The number of thioether (sulfide) groups is 1. The summed E-state index contributed by atoms with van der Waals surface area (Å²) in [6.45, 7) is 5.10. The number of hydrogen-bond donors (Lipinski definition) is 1. The van der Waals surface area contributed by atoms with Gasteiger partial charge in [-0.15, -0.1) is 11.8 Å². The number of methoxy groups -OCH3 is 1. The number of nitrogens with one attached hydrogen (secondary N) is 1. The van der Waals surface area contributed by atoms with E-state index >= 15 is 0 Å². The quantitative estimate of drug-likeness (QED) is 0.852. The minimum absolute atomic E-state index is 0.154. The highest BCUT2D eigenvalue weighted by Crippen LogP contribution is 2.35. The van der Waals surface area contributed by atoms with Crippen molar-refractivity contribution in [1.82, 2.24) is 0 Å². The third-order valence-corrected chi connectivity index (χ3v) is 4.22. The molecule has 0 saturated heterocycles. The van der Waals surface area contributed by atoms with Gasteiger partial charge >= 0.3 is 5.97 Å². The molecular formula is C14H19NO2S. The standard InChI is InChI=1S/C14H19NO2S/c1-9(2)13(14(16)17-3)10-4-5-11-12(8-10)18-7-6-15-11/h4-5,8-9,13,15H,6-7H2,1-3H3. The van der Waals surface area contributed by atoms with E-state index in [1.807, 2.05) is 31.7 Å². The molecule has 1 atom stereocenters. The average Bonchev–Trinajstić information content (AvgIpc) is 2.38. The van der Waals surface area contributed by atoms with Crippen LogP contribution in [0.5, 0.6) is 0 Å². The van der Waals surface area contributed by atoms with Gasteiger partial charge in [-0.05, 0) is 23.6 Å². The van der Waals surface area contributed by atoms with Crippen LogP contribution in [0.3, 0.4) is 0 Å². The molecule has 1 aromatic rings. The molecule has 0 fully saturated rings. The summed E-state index contributed by atoms with van der Waals surface area (Å²) in [5.41, 5.74) is 2.22. The predicted octanol–water partition coefficient (Wildman–Crippen LogP) is 3.12. The largest absolute Gasteiger partial charge is 0.469 e. The van der Waals surface area contributed by atoms with Crippen LogP contribution in [0, 0.1) is 5.92 Å². The lowest BCUT2D eigenvalue weighted by atomic mass is 9.88. The normalized spacial score (nSPS) is 15.8. The first-order valence-corrected chi connectivity index (χ1v) is 7.20. The number of carbonyl (C=O) groups is 1. The molecule has 1 aliphatic rings. The Morgan fingerprint density at radius 2 is 2.22 bits per heavy atom. The molecule has 0 radical (unpaired) electrons. The first-order valence-electron chi connectivity index (χ1n) is 6.22. The molecule has 1 aliphatic heterocycles. The van der Waals surface area contributed by atoms with Gasteiger partial charge in [-0.3, -0.25) is 4.79 Å². The molecule has 1 aromatic carbocycles. The molecule has 0 aromatic heterocycles. The Morgan fingerprint density at radius 1 is 1.44 bits per heavy atom. The second kappa shape index (κ2) is 5.65. The molecule has 1 heterocycles. The average molecular weight is 265 g/mol. The molecule has 3 nitrogen and oxygen atoms in total. The van der Waals surface area contributed by atoms with Crippen molar-refractivity contribution < 1.29 is 9.53 Å². The van der Waals surface area contributed by atoms with Gasteiger partial charge in [0.15, 0.2) is 0 Å². The minimum Gasteiger partial charge on any atom is -0.469 e. The van der Waals surface area contributed by atoms with Crippen molar-refractivity contribution in [3.8, 4) is 0 Å². The highest BCUT2D eigenvalue weighted by Gasteiger charge is 2.26. The Kier molecular flexibility index (Phi) is 4.17. The Morgan fingerprint density at radius 3 is 2.89 bits per heavy atom. The maximum absolute atomic E-state index is 11.9. The Bertz CT molecular complexity index is 445. The van der Waals surface area contributed by atoms with E-state index in [4.69, 9.17) is 4.74 Å². The Hall–Kier alpha value is -1.16. The molecular weight excluding hydrogens is 246 g/mol. The van der Waals surface area contributed by atoms with Gasteiger partial charge in [-0.1, -0.05) is 19.9 Å². The number of carbonyl (C=O) groups excluding carboxylic acids is 1. The summed E-state index contributed by atoms with van der Waals surface area (Å²) in [6, 6.07) is 6.21. The fourth-order valence-corrected chi connectivity index (χ4v) is 3.20. The molecule has 1 N–H and O–H groups in total. The van der Waals surface area contributed by atoms with Crippen LogP contribution in [0.2, 0.25) is 0 Å². The summed E-state index contributed by atoms with van der Waals surface area (Å²) in [5.74, 6) is 0.972. The van der Waals surface area contributed by atoms with Crippen molar-refractivity contribution in [2.24, 2.45) is 5.92 Å². The first kappa shape index (κ1) is 13.3. The lowest BCUT2D eigenvalue weighted by Gasteiger charge is -2.22. The molecule has 18 heavy (non-hydrogen) atoms. The maximum atomic E-state index is 11.9. The second-order valence-corrected chi connectivity index (χ2v) is 5.91. The molecule has 0 bridgehead atoms. The third kappa shape index (κ3) is 2.64. The van der Waals surface area contributed by atoms with Crippen molar-refractivity contribution >= 4 is 23.4 Å². The van der Waals surface area contributed by atoms with Crippen molar-refractivity contribution in [1.29, 1.82) is 0 Å². The highest BCUT2D eigenvalue weighted by molar-refractivity contribution is 7.99. The van der Waals surface area contributed by atoms with Crippen LogP contribution in [0.25, 0.3) is 0 Å². The van der Waals surface area contributed by atoms with Crippen LogP contribution in [0.1, 0.15) is 25.3 Å². The minimum atomic E-state index is -0.178. The summed E-state index contributed by atoms with van der Waals surface area (Å²) in [7, 11) is 1.45. The lowest BCUT2D eigenvalue weighted by Crippen LogP contribution is -2.20. The molecule has 0 amide bonds. The van der Waals surface area contributed by atoms with Gasteiger partial charge in [0.1, 0.15) is 0 Å². The van der Waals surface area contributed by atoms with E-state index in [1.165, 1.54) is 17.7 Å². The van der Waals surface area contributed by atoms with E-state index < -0.39 is 0 Å². The smallest absolute Gasteiger partial charge is 0.313 e. The van der Waals surface area contributed by atoms with Crippen molar-refractivity contribution in [3.63, 3.8) is 0 Å².